The molecule has 1 aromatic carbocycles. The fourth-order valence-corrected chi connectivity index (χ4v) is 2.01. The van der Waals surface area contributed by atoms with Gasteiger partial charge in [-0.15, -0.1) is 0 Å². The van der Waals surface area contributed by atoms with Crippen molar-refractivity contribution in [1.82, 2.24) is 9.97 Å². The van der Waals surface area contributed by atoms with Crippen molar-refractivity contribution in [1.29, 1.82) is 0 Å². The van der Waals surface area contributed by atoms with E-state index in [0.29, 0.717) is 27.9 Å². The van der Waals surface area contributed by atoms with E-state index in [4.69, 9.17) is 0 Å². The first kappa shape index (κ1) is 13.0. The molecule has 2 rings (SSSR count). The third-order valence-corrected chi connectivity index (χ3v) is 3.44. The van der Waals surface area contributed by atoms with Crippen LogP contribution in [-0.4, -0.2) is 16.5 Å². The highest BCUT2D eigenvalue weighted by molar-refractivity contribution is 14.1. The minimum atomic E-state index is -0.215. The van der Waals surface area contributed by atoms with Crippen molar-refractivity contribution in [2.75, 3.05) is 11.9 Å². The van der Waals surface area contributed by atoms with Gasteiger partial charge >= 0.3 is 0 Å². The summed E-state index contributed by atoms with van der Waals surface area (Å²) >= 11 is 1.92. The SMILES string of the molecule is O=c1[nH]cnc(NCCc2ccccc2F)c1I. The Morgan fingerprint density at radius 1 is 1.39 bits per heavy atom. The van der Waals surface area contributed by atoms with Gasteiger partial charge in [0.05, 0.1) is 6.33 Å². The minimum Gasteiger partial charge on any atom is -0.369 e. The van der Waals surface area contributed by atoms with Crippen LogP contribution in [-0.2, 0) is 6.42 Å². The Bertz CT molecular complexity index is 600. The van der Waals surface area contributed by atoms with E-state index < -0.39 is 0 Å². The largest absolute Gasteiger partial charge is 0.369 e. The molecule has 0 amide bonds. The fraction of sp³-hybridized carbons (Fsp3) is 0.167. The molecule has 0 fully saturated rings. The smallest absolute Gasteiger partial charge is 0.266 e. The van der Waals surface area contributed by atoms with Crippen molar-refractivity contribution < 1.29 is 4.39 Å². The number of benzene rings is 1. The Balaban J connectivity index is 1.99. The van der Waals surface area contributed by atoms with Crippen molar-refractivity contribution in [3.05, 3.63) is 55.9 Å². The lowest BCUT2D eigenvalue weighted by Crippen LogP contribution is -2.16. The summed E-state index contributed by atoms with van der Waals surface area (Å²) in [5, 5.41) is 3.02. The molecule has 1 heterocycles. The van der Waals surface area contributed by atoms with Crippen LogP contribution in [0, 0.1) is 9.39 Å². The van der Waals surface area contributed by atoms with Crippen LogP contribution in [0.15, 0.2) is 35.4 Å². The van der Waals surface area contributed by atoms with Crippen LogP contribution in [0.1, 0.15) is 5.56 Å². The minimum absolute atomic E-state index is 0.181. The maximum atomic E-state index is 13.4. The molecule has 0 unspecified atom stereocenters. The normalized spacial score (nSPS) is 10.3. The molecular formula is C12H11FIN3O. The molecule has 94 valence electrons. The van der Waals surface area contributed by atoms with E-state index in [2.05, 4.69) is 15.3 Å². The van der Waals surface area contributed by atoms with E-state index in [9.17, 15) is 9.18 Å². The molecule has 0 aliphatic rings. The molecule has 6 heteroatoms. The maximum Gasteiger partial charge on any atom is 0.266 e. The Hall–Kier alpha value is -1.44. The highest BCUT2D eigenvalue weighted by Gasteiger charge is 2.05. The van der Waals surface area contributed by atoms with Gasteiger partial charge in [0, 0.05) is 6.54 Å². The molecule has 0 spiro atoms. The van der Waals surface area contributed by atoms with E-state index in [0.717, 1.165) is 0 Å². The number of aromatic nitrogens is 2. The average Bonchev–Trinajstić information content (AvgIpc) is 2.37. The first-order valence-electron chi connectivity index (χ1n) is 5.39. The molecule has 0 saturated carbocycles. The van der Waals surface area contributed by atoms with Crippen LogP contribution >= 0.6 is 22.6 Å². The van der Waals surface area contributed by atoms with Gasteiger partial charge in [-0.3, -0.25) is 4.79 Å². The second kappa shape index (κ2) is 5.94. The van der Waals surface area contributed by atoms with Gasteiger partial charge in [0.25, 0.3) is 5.56 Å². The van der Waals surface area contributed by atoms with Crippen molar-refractivity contribution >= 4 is 28.4 Å². The van der Waals surface area contributed by atoms with Gasteiger partial charge in [0.1, 0.15) is 15.2 Å². The first-order chi connectivity index (χ1) is 8.68. The van der Waals surface area contributed by atoms with Crippen LogP contribution in [0.2, 0.25) is 0 Å². The molecule has 4 nitrogen and oxygen atoms in total. The Morgan fingerprint density at radius 3 is 2.94 bits per heavy atom. The summed E-state index contributed by atoms with van der Waals surface area (Å²) in [4.78, 5) is 17.8. The molecule has 0 bridgehead atoms. The lowest BCUT2D eigenvalue weighted by Gasteiger charge is -2.07. The molecule has 1 aromatic heterocycles. The van der Waals surface area contributed by atoms with E-state index in [1.807, 2.05) is 22.6 Å². The zero-order chi connectivity index (χ0) is 13.0. The lowest BCUT2D eigenvalue weighted by atomic mass is 10.1. The molecule has 2 N–H and O–H groups in total. The molecule has 2 aromatic rings. The second-order valence-corrected chi connectivity index (χ2v) is 4.74. The second-order valence-electron chi connectivity index (χ2n) is 3.66. The van der Waals surface area contributed by atoms with Gasteiger partial charge in [0.15, 0.2) is 0 Å². The molecule has 0 radical (unpaired) electrons. The molecule has 18 heavy (non-hydrogen) atoms. The number of nitrogens with one attached hydrogen (secondary N) is 2. The Kier molecular flexibility index (Phi) is 4.29. The summed E-state index contributed by atoms with van der Waals surface area (Å²) in [7, 11) is 0. The number of hydrogen-bond donors (Lipinski definition) is 2. The number of hydrogen-bond acceptors (Lipinski definition) is 3. The van der Waals surface area contributed by atoms with E-state index in [-0.39, 0.29) is 11.4 Å². The molecular weight excluding hydrogens is 348 g/mol. The van der Waals surface area contributed by atoms with Crippen LogP contribution in [0.3, 0.4) is 0 Å². The van der Waals surface area contributed by atoms with Gasteiger partial charge in [0.2, 0.25) is 0 Å². The van der Waals surface area contributed by atoms with Gasteiger partial charge in [-0.2, -0.15) is 0 Å². The van der Waals surface area contributed by atoms with Gasteiger partial charge in [-0.05, 0) is 40.6 Å². The topological polar surface area (TPSA) is 57.8 Å². The van der Waals surface area contributed by atoms with Crippen LogP contribution in [0.5, 0.6) is 0 Å². The van der Waals surface area contributed by atoms with E-state index in [1.54, 1.807) is 18.2 Å². The first-order valence-corrected chi connectivity index (χ1v) is 6.47. The van der Waals surface area contributed by atoms with Crippen LogP contribution < -0.4 is 10.9 Å². The van der Waals surface area contributed by atoms with Crippen molar-refractivity contribution in [3.63, 3.8) is 0 Å². The number of halogens is 2. The van der Waals surface area contributed by atoms with Crippen LogP contribution in [0.25, 0.3) is 0 Å². The summed E-state index contributed by atoms with van der Waals surface area (Å²) in [6, 6.07) is 6.64. The summed E-state index contributed by atoms with van der Waals surface area (Å²) < 4.78 is 13.9. The zero-order valence-electron chi connectivity index (χ0n) is 9.41. The fourth-order valence-electron chi connectivity index (χ4n) is 1.52. The maximum absolute atomic E-state index is 13.4. The Morgan fingerprint density at radius 2 is 2.17 bits per heavy atom. The standard InChI is InChI=1S/C12H11FIN3O/c13-9-4-2-1-3-8(9)5-6-15-11-10(14)12(18)17-7-16-11/h1-4,7H,5-6H2,(H2,15,16,17,18). The van der Waals surface area contributed by atoms with Crippen molar-refractivity contribution in [3.8, 4) is 0 Å². The molecule has 0 aliphatic carbocycles. The molecule has 0 aliphatic heterocycles. The quantitative estimate of drug-likeness (QED) is 0.823. The summed E-state index contributed by atoms with van der Waals surface area (Å²) in [6.45, 7) is 0.521. The lowest BCUT2D eigenvalue weighted by molar-refractivity contribution is 0.610. The monoisotopic (exact) mass is 359 g/mol. The average molecular weight is 359 g/mol. The third kappa shape index (κ3) is 3.06. The molecule has 0 saturated heterocycles. The number of aromatic amines is 1. The van der Waals surface area contributed by atoms with E-state index >= 15 is 0 Å². The van der Waals surface area contributed by atoms with Crippen molar-refractivity contribution in [2.24, 2.45) is 0 Å². The predicted molar refractivity (Wildman–Crippen MR) is 76.2 cm³/mol. The number of nitrogens with zero attached hydrogens (tertiary/aromatic N) is 1. The van der Waals surface area contributed by atoms with Crippen molar-refractivity contribution in [2.45, 2.75) is 6.42 Å². The zero-order valence-corrected chi connectivity index (χ0v) is 11.6. The van der Waals surface area contributed by atoms with Gasteiger partial charge in [-0.1, -0.05) is 18.2 Å². The molecule has 0 atom stereocenters. The highest BCUT2D eigenvalue weighted by Crippen LogP contribution is 2.10. The van der Waals surface area contributed by atoms with Gasteiger partial charge in [-0.25, -0.2) is 9.37 Å². The highest BCUT2D eigenvalue weighted by atomic mass is 127. The number of rotatable bonds is 4. The van der Waals surface area contributed by atoms with Gasteiger partial charge < -0.3 is 10.3 Å². The van der Waals surface area contributed by atoms with Crippen LogP contribution in [0.4, 0.5) is 10.2 Å². The number of anilines is 1. The van der Waals surface area contributed by atoms with E-state index in [1.165, 1.54) is 12.4 Å². The summed E-state index contributed by atoms with van der Waals surface area (Å²) in [5.74, 6) is 0.309. The number of H-pyrrole nitrogens is 1. The third-order valence-electron chi connectivity index (χ3n) is 2.44. The Labute approximate surface area is 117 Å². The predicted octanol–water partition coefficient (Wildman–Crippen LogP) is 2.17. The summed E-state index contributed by atoms with van der Waals surface area (Å²) in [5.41, 5.74) is 0.462. The summed E-state index contributed by atoms with van der Waals surface area (Å²) in [6.07, 6.45) is 1.88.